The van der Waals surface area contributed by atoms with E-state index in [1.54, 1.807) is 0 Å². The molecular formula is C30H50N2O4. The van der Waals surface area contributed by atoms with Gasteiger partial charge in [0.15, 0.2) is 5.79 Å². The van der Waals surface area contributed by atoms with Gasteiger partial charge >= 0.3 is 6.09 Å². The van der Waals surface area contributed by atoms with Crippen LogP contribution in [-0.2, 0) is 14.2 Å². The fourth-order valence-electron chi connectivity index (χ4n) is 10.7. The average molecular weight is 503 g/mol. The van der Waals surface area contributed by atoms with E-state index >= 15 is 0 Å². The minimum atomic E-state index is -0.314. The predicted octanol–water partition coefficient (Wildman–Crippen LogP) is 5.49. The zero-order valence-electron chi connectivity index (χ0n) is 23.1. The number of nitrogens with two attached hydrogens (primary N) is 1. The van der Waals surface area contributed by atoms with Gasteiger partial charge in [-0.15, -0.1) is 0 Å². The number of hydrogen-bond donors (Lipinski definition) is 2. The molecule has 2 saturated heterocycles. The molecule has 0 aromatic carbocycles. The van der Waals surface area contributed by atoms with Crippen molar-refractivity contribution < 1.29 is 19.0 Å². The van der Waals surface area contributed by atoms with Crippen molar-refractivity contribution in [3.05, 3.63) is 0 Å². The second-order valence-corrected chi connectivity index (χ2v) is 14.2. The van der Waals surface area contributed by atoms with Gasteiger partial charge in [-0.25, -0.2) is 4.79 Å². The number of hydrogen-bond acceptors (Lipinski definition) is 5. The van der Waals surface area contributed by atoms with Crippen molar-refractivity contribution in [2.75, 3.05) is 19.7 Å². The van der Waals surface area contributed by atoms with E-state index in [1.807, 2.05) is 0 Å². The Morgan fingerprint density at radius 2 is 1.81 bits per heavy atom. The highest BCUT2D eigenvalue weighted by atomic mass is 16.7. The summed E-state index contributed by atoms with van der Waals surface area (Å²) in [5.74, 6) is 4.54. The zero-order chi connectivity index (χ0) is 25.3. The third-order valence-corrected chi connectivity index (χ3v) is 12.6. The standard InChI is InChI=1S/C30H50N2O4/c1-18-7-12-30(34-17-18)19(2)26-25(36-30)16-24-22-6-5-20-15-21(35-27(33)32-14-13-31)8-10-28(20,3)23(22)9-11-29(24,26)4/h18-26H,5-17,31H2,1-4H3,(H,32,33)/t18-,19-,20+,21-,22+,23-,24-,25-,26-,28-,29-,30+/m0/s1. The number of carbonyl (C=O) groups excluding carboxylic acids is 1. The molecule has 6 fully saturated rings. The molecule has 204 valence electrons. The molecule has 0 aromatic rings. The van der Waals surface area contributed by atoms with Gasteiger partial charge in [-0.2, -0.15) is 0 Å². The molecule has 3 N–H and O–H groups in total. The van der Waals surface area contributed by atoms with Gasteiger partial charge in [0.25, 0.3) is 0 Å². The Morgan fingerprint density at radius 1 is 1.00 bits per heavy atom. The number of carbonyl (C=O) groups is 1. The highest BCUT2D eigenvalue weighted by Crippen LogP contribution is 2.71. The Balaban J connectivity index is 1.15. The fourth-order valence-corrected chi connectivity index (χ4v) is 10.7. The van der Waals surface area contributed by atoms with E-state index in [-0.39, 0.29) is 18.0 Å². The first-order valence-corrected chi connectivity index (χ1v) is 15.2. The maximum Gasteiger partial charge on any atom is 0.407 e. The molecule has 6 nitrogen and oxygen atoms in total. The summed E-state index contributed by atoms with van der Waals surface area (Å²) in [6.07, 6.45) is 12.2. The number of fused-ring (bicyclic) bond motifs is 7. The van der Waals surface area contributed by atoms with Crippen LogP contribution in [0.2, 0.25) is 0 Å². The van der Waals surface area contributed by atoms with E-state index < -0.39 is 0 Å². The molecule has 0 unspecified atom stereocenters. The lowest BCUT2D eigenvalue weighted by Crippen LogP contribution is -2.55. The summed E-state index contributed by atoms with van der Waals surface area (Å²) in [7, 11) is 0. The van der Waals surface area contributed by atoms with Crippen LogP contribution in [0.1, 0.15) is 91.9 Å². The van der Waals surface area contributed by atoms with Crippen molar-refractivity contribution >= 4 is 6.09 Å². The van der Waals surface area contributed by atoms with Crippen molar-refractivity contribution in [2.45, 2.75) is 110 Å². The molecule has 6 heteroatoms. The Bertz CT molecular complexity index is 843. The highest BCUT2D eigenvalue weighted by molar-refractivity contribution is 5.67. The van der Waals surface area contributed by atoms with Crippen LogP contribution in [0.15, 0.2) is 0 Å². The quantitative estimate of drug-likeness (QED) is 0.533. The second-order valence-electron chi connectivity index (χ2n) is 14.2. The van der Waals surface area contributed by atoms with Crippen LogP contribution in [0.4, 0.5) is 4.79 Å². The second kappa shape index (κ2) is 9.12. The van der Waals surface area contributed by atoms with Gasteiger partial charge in [-0.05, 0) is 104 Å². The first kappa shape index (κ1) is 25.4. The Labute approximate surface area is 218 Å². The van der Waals surface area contributed by atoms with Gasteiger partial charge < -0.3 is 25.3 Å². The van der Waals surface area contributed by atoms with Gasteiger partial charge in [-0.3, -0.25) is 0 Å². The van der Waals surface area contributed by atoms with Gasteiger partial charge in [0, 0.05) is 25.4 Å². The Morgan fingerprint density at radius 3 is 2.56 bits per heavy atom. The van der Waals surface area contributed by atoms with Crippen LogP contribution in [0.25, 0.3) is 0 Å². The van der Waals surface area contributed by atoms with Crippen molar-refractivity contribution in [3.63, 3.8) is 0 Å². The average Bonchev–Trinajstić information content (AvgIpc) is 3.30. The van der Waals surface area contributed by atoms with Crippen molar-refractivity contribution in [3.8, 4) is 0 Å². The van der Waals surface area contributed by atoms with Crippen LogP contribution >= 0.6 is 0 Å². The predicted molar refractivity (Wildman–Crippen MR) is 139 cm³/mol. The zero-order valence-corrected chi connectivity index (χ0v) is 23.1. The van der Waals surface area contributed by atoms with Crippen molar-refractivity contribution in [1.29, 1.82) is 0 Å². The van der Waals surface area contributed by atoms with Crippen LogP contribution in [-0.4, -0.2) is 43.8 Å². The summed E-state index contributed by atoms with van der Waals surface area (Å²) < 4.78 is 19.2. The van der Waals surface area contributed by atoms with Gasteiger partial charge in [0.2, 0.25) is 0 Å². The molecule has 4 saturated carbocycles. The molecule has 0 radical (unpaired) electrons. The minimum absolute atomic E-state index is 0.0562. The molecular weight excluding hydrogens is 452 g/mol. The van der Waals surface area contributed by atoms with Crippen LogP contribution in [0, 0.1) is 52.3 Å². The normalized spacial score (nSPS) is 53.8. The lowest BCUT2D eigenvalue weighted by molar-refractivity contribution is -0.273. The molecule has 1 amide bonds. The summed E-state index contributed by atoms with van der Waals surface area (Å²) in [4.78, 5) is 12.1. The summed E-state index contributed by atoms with van der Waals surface area (Å²) in [5, 5.41) is 2.78. The summed E-state index contributed by atoms with van der Waals surface area (Å²) in [6.45, 7) is 11.7. The number of amides is 1. The van der Waals surface area contributed by atoms with Crippen LogP contribution in [0.3, 0.4) is 0 Å². The van der Waals surface area contributed by atoms with Crippen molar-refractivity contribution in [2.24, 2.45) is 58.0 Å². The number of alkyl carbamates (subject to hydrolysis) is 1. The maximum absolute atomic E-state index is 12.1. The van der Waals surface area contributed by atoms with Gasteiger partial charge in [-0.1, -0.05) is 27.7 Å². The monoisotopic (exact) mass is 502 g/mol. The first-order chi connectivity index (χ1) is 17.2. The van der Waals surface area contributed by atoms with E-state index in [2.05, 4.69) is 33.0 Å². The topological polar surface area (TPSA) is 82.8 Å². The lowest BCUT2D eigenvalue weighted by atomic mass is 9.44. The molecule has 2 heterocycles. The third-order valence-electron chi connectivity index (χ3n) is 12.6. The number of rotatable bonds is 3. The highest BCUT2D eigenvalue weighted by Gasteiger charge is 2.69. The molecule has 12 atom stereocenters. The van der Waals surface area contributed by atoms with E-state index in [0.717, 1.165) is 43.6 Å². The largest absolute Gasteiger partial charge is 0.446 e. The van der Waals surface area contributed by atoms with Crippen LogP contribution in [0.5, 0.6) is 0 Å². The first-order valence-electron chi connectivity index (χ1n) is 15.2. The lowest BCUT2D eigenvalue weighted by Gasteiger charge is -2.61. The van der Waals surface area contributed by atoms with E-state index in [9.17, 15) is 4.79 Å². The molecule has 1 spiro atoms. The fraction of sp³-hybridized carbons (Fsp3) is 0.967. The molecule has 6 rings (SSSR count). The Hall–Kier alpha value is -0.850. The number of nitrogens with one attached hydrogen (secondary N) is 1. The summed E-state index contributed by atoms with van der Waals surface area (Å²) in [5.41, 5.74) is 6.28. The molecule has 4 aliphatic carbocycles. The minimum Gasteiger partial charge on any atom is -0.446 e. The van der Waals surface area contributed by atoms with Crippen LogP contribution < -0.4 is 11.1 Å². The molecule has 0 bridgehead atoms. The van der Waals surface area contributed by atoms with E-state index in [4.69, 9.17) is 19.9 Å². The van der Waals surface area contributed by atoms with Crippen molar-refractivity contribution in [1.82, 2.24) is 5.32 Å². The van der Waals surface area contributed by atoms with Gasteiger partial charge in [0.05, 0.1) is 12.7 Å². The third kappa shape index (κ3) is 3.78. The van der Waals surface area contributed by atoms with E-state index in [0.29, 0.717) is 53.7 Å². The molecule has 0 aromatic heterocycles. The maximum atomic E-state index is 12.1. The Kier molecular flexibility index (Phi) is 6.44. The summed E-state index contributed by atoms with van der Waals surface area (Å²) in [6, 6.07) is 0. The van der Waals surface area contributed by atoms with E-state index in [1.165, 1.54) is 44.9 Å². The number of ether oxygens (including phenoxy) is 3. The summed E-state index contributed by atoms with van der Waals surface area (Å²) >= 11 is 0. The SMILES string of the molecule is C[C@H]1CC[C@@]2(OC1)O[C@H]1C[C@H]3[C@@H]4CC[C@@H]5C[C@@H](OC(=O)NCCN)CC[C@]5(C)[C@H]4CC[C@]3(C)[C@H]1[C@@H]2C. The van der Waals surface area contributed by atoms with Gasteiger partial charge in [0.1, 0.15) is 6.10 Å². The molecule has 6 aliphatic rings. The molecule has 36 heavy (non-hydrogen) atoms. The smallest absolute Gasteiger partial charge is 0.407 e. The molecule has 2 aliphatic heterocycles.